The first-order chi connectivity index (χ1) is 4.56. The van der Waals surface area contributed by atoms with Gasteiger partial charge in [-0.1, -0.05) is 12.2 Å². The number of rotatable bonds is 4. The lowest BCUT2D eigenvalue weighted by Crippen LogP contribution is -2.02. The van der Waals surface area contributed by atoms with Gasteiger partial charge in [0.25, 0.3) is 9.05 Å². The quantitative estimate of drug-likeness (QED) is 0.522. The monoisotopic (exact) mass is 182 g/mol. The first-order valence-electron chi connectivity index (χ1n) is 2.79. The summed E-state index contributed by atoms with van der Waals surface area (Å²) in [6.07, 6.45) is 4.29. The van der Waals surface area contributed by atoms with Gasteiger partial charge in [-0.15, -0.1) is 0 Å². The predicted octanol–water partition coefficient (Wildman–Crippen LogP) is 1.10. The maximum absolute atomic E-state index is 10.3. The second-order valence-corrected chi connectivity index (χ2v) is 3.96. The van der Waals surface area contributed by atoms with Crippen molar-refractivity contribution in [3.05, 3.63) is 12.2 Å². The SMILES string of the molecule is CC=CCCOS(=O)(O)=S. The van der Waals surface area contributed by atoms with Gasteiger partial charge in [0.2, 0.25) is 0 Å². The molecule has 0 aliphatic heterocycles. The normalized spacial score (nSPS) is 17.4. The van der Waals surface area contributed by atoms with Gasteiger partial charge in [0.15, 0.2) is 0 Å². The summed E-state index contributed by atoms with van der Waals surface area (Å²) in [5.41, 5.74) is 0. The number of hydrogen-bond donors (Lipinski definition) is 1. The van der Waals surface area contributed by atoms with Crippen LogP contribution in [0.1, 0.15) is 13.3 Å². The van der Waals surface area contributed by atoms with E-state index in [1.165, 1.54) is 0 Å². The van der Waals surface area contributed by atoms with Crippen molar-refractivity contribution >= 4 is 20.2 Å². The molecule has 0 radical (unpaired) electrons. The van der Waals surface area contributed by atoms with E-state index in [9.17, 15) is 4.21 Å². The summed E-state index contributed by atoms with van der Waals surface area (Å²) in [6, 6.07) is 0. The third-order valence-corrected chi connectivity index (χ3v) is 1.51. The lowest BCUT2D eigenvalue weighted by Gasteiger charge is -1.96. The molecule has 0 amide bonds. The van der Waals surface area contributed by atoms with Gasteiger partial charge < -0.3 is 0 Å². The van der Waals surface area contributed by atoms with Gasteiger partial charge >= 0.3 is 0 Å². The van der Waals surface area contributed by atoms with Gasteiger partial charge in [-0.25, -0.2) is 0 Å². The first kappa shape index (κ1) is 10.0. The Balaban J connectivity index is 3.39. The topological polar surface area (TPSA) is 46.5 Å². The van der Waals surface area contributed by atoms with Crippen LogP contribution >= 0.6 is 0 Å². The molecule has 0 saturated heterocycles. The van der Waals surface area contributed by atoms with Gasteiger partial charge in [-0.2, -0.15) is 4.21 Å². The van der Waals surface area contributed by atoms with E-state index >= 15 is 0 Å². The minimum absolute atomic E-state index is 0.198. The Hall–Kier alpha value is 0.0300. The molecule has 1 atom stereocenters. The molecule has 0 rings (SSSR count). The minimum Gasteiger partial charge on any atom is -0.285 e. The van der Waals surface area contributed by atoms with Crippen molar-refractivity contribution in [2.45, 2.75) is 13.3 Å². The molecule has 0 aliphatic rings. The molecule has 0 bridgehead atoms. The van der Waals surface area contributed by atoms with E-state index < -0.39 is 9.05 Å². The van der Waals surface area contributed by atoms with Crippen LogP contribution in [0.25, 0.3) is 0 Å². The molecule has 0 heterocycles. The largest absolute Gasteiger partial charge is 0.285 e. The van der Waals surface area contributed by atoms with E-state index in [1.807, 2.05) is 19.1 Å². The van der Waals surface area contributed by atoms with Crippen molar-refractivity contribution in [2.24, 2.45) is 0 Å². The van der Waals surface area contributed by atoms with Crippen molar-refractivity contribution < 1.29 is 12.9 Å². The molecule has 60 valence electrons. The third kappa shape index (κ3) is 8.03. The molecular weight excluding hydrogens is 172 g/mol. The molecule has 0 spiro atoms. The van der Waals surface area contributed by atoms with E-state index in [0.29, 0.717) is 6.42 Å². The van der Waals surface area contributed by atoms with Crippen LogP contribution < -0.4 is 0 Å². The summed E-state index contributed by atoms with van der Waals surface area (Å²) >= 11 is 4.07. The van der Waals surface area contributed by atoms with Crippen LogP contribution in [0.15, 0.2) is 12.2 Å². The molecule has 0 aromatic carbocycles. The highest BCUT2D eigenvalue weighted by Gasteiger charge is 1.95. The summed E-state index contributed by atoms with van der Waals surface area (Å²) < 4.78 is 23.1. The average molecular weight is 182 g/mol. The maximum Gasteiger partial charge on any atom is 0.266 e. The lowest BCUT2D eigenvalue weighted by molar-refractivity contribution is 0.310. The Morgan fingerprint density at radius 3 is 2.80 bits per heavy atom. The fraction of sp³-hybridized carbons (Fsp3) is 0.600. The van der Waals surface area contributed by atoms with Crippen molar-refractivity contribution in [2.75, 3.05) is 6.61 Å². The van der Waals surface area contributed by atoms with Crippen LogP contribution in [0.3, 0.4) is 0 Å². The van der Waals surface area contributed by atoms with Gasteiger partial charge in [0.1, 0.15) is 0 Å². The number of allylic oxidation sites excluding steroid dienone is 1. The van der Waals surface area contributed by atoms with Crippen molar-refractivity contribution in [1.29, 1.82) is 0 Å². The van der Waals surface area contributed by atoms with E-state index in [1.54, 1.807) is 0 Å². The third-order valence-electron chi connectivity index (χ3n) is 0.752. The van der Waals surface area contributed by atoms with Crippen LogP contribution in [0.2, 0.25) is 0 Å². The van der Waals surface area contributed by atoms with Gasteiger partial charge in [-0.05, 0) is 13.3 Å². The van der Waals surface area contributed by atoms with Crippen LogP contribution in [0.5, 0.6) is 0 Å². The summed E-state index contributed by atoms with van der Waals surface area (Å²) in [7, 11) is -3.41. The highest BCUT2D eigenvalue weighted by atomic mass is 32.9. The fourth-order valence-corrected chi connectivity index (χ4v) is 0.899. The molecule has 1 N–H and O–H groups in total. The highest BCUT2D eigenvalue weighted by Crippen LogP contribution is 1.90. The lowest BCUT2D eigenvalue weighted by atomic mass is 10.4. The number of hydrogen-bond acceptors (Lipinski definition) is 3. The molecule has 0 saturated carbocycles. The second kappa shape index (κ2) is 4.79. The van der Waals surface area contributed by atoms with Gasteiger partial charge in [0.05, 0.1) is 6.61 Å². The molecule has 5 heteroatoms. The van der Waals surface area contributed by atoms with Crippen LogP contribution in [0.4, 0.5) is 0 Å². The molecule has 0 aromatic rings. The summed E-state index contributed by atoms with van der Waals surface area (Å²) in [4.78, 5) is 0. The zero-order valence-electron chi connectivity index (χ0n) is 5.65. The van der Waals surface area contributed by atoms with E-state index in [-0.39, 0.29) is 6.61 Å². The Morgan fingerprint density at radius 2 is 2.40 bits per heavy atom. The zero-order valence-corrected chi connectivity index (χ0v) is 7.28. The maximum atomic E-state index is 10.3. The molecule has 0 aliphatic carbocycles. The molecule has 10 heavy (non-hydrogen) atoms. The van der Waals surface area contributed by atoms with Crippen LogP contribution in [-0.4, -0.2) is 15.4 Å². The van der Waals surface area contributed by atoms with Crippen LogP contribution in [-0.2, 0) is 24.4 Å². The van der Waals surface area contributed by atoms with Gasteiger partial charge in [-0.3, -0.25) is 8.74 Å². The Kier molecular flexibility index (Phi) is 4.80. The Labute approximate surface area is 65.8 Å². The van der Waals surface area contributed by atoms with Crippen molar-refractivity contribution in [3.8, 4) is 0 Å². The molecule has 0 fully saturated rings. The summed E-state index contributed by atoms with van der Waals surface area (Å²) in [6.45, 7) is 2.06. The average Bonchev–Trinajstić information content (AvgIpc) is 1.78. The minimum atomic E-state index is -3.41. The molecule has 1 unspecified atom stereocenters. The highest BCUT2D eigenvalue weighted by molar-refractivity contribution is 8.27. The van der Waals surface area contributed by atoms with E-state index in [4.69, 9.17) is 4.55 Å². The Bertz CT molecular complexity index is 193. The molecule has 3 nitrogen and oxygen atoms in total. The van der Waals surface area contributed by atoms with E-state index in [2.05, 4.69) is 15.4 Å². The Morgan fingerprint density at radius 1 is 1.80 bits per heavy atom. The molecule has 0 aromatic heterocycles. The van der Waals surface area contributed by atoms with E-state index in [0.717, 1.165) is 0 Å². The fourth-order valence-electron chi connectivity index (χ4n) is 0.388. The second-order valence-electron chi connectivity index (χ2n) is 1.61. The predicted molar refractivity (Wildman–Crippen MR) is 43.5 cm³/mol. The standard InChI is InChI=1S/C5H10O3S2/c1-2-3-4-5-8-10(6,7)9/h2-3H,4-5H2,1H3,(H,6,7,9). The first-order valence-corrected chi connectivity index (χ1v) is 5.16. The summed E-state index contributed by atoms with van der Waals surface area (Å²) in [5.74, 6) is 0. The van der Waals surface area contributed by atoms with Gasteiger partial charge in [0, 0.05) is 11.2 Å². The zero-order chi connectivity index (χ0) is 8.04. The smallest absolute Gasteiger partial charge is 0.266 e. The summed E-state index contributed by atoms with van der Waals surface area (Å²) in [5, 5.41) is 0. The van der Waals surface area contributed by atoms with Crippen molar-refractivity contribution in [3.63, 3.8) is 0 Å². The van der Waals surface area contributed by atoms with Crippen molar-refractivity contribution in [1.82, 2.24) is 0 Å². The molecular formula is C5H10O3S2. The van der Waals surface area contributed by atoms with Crippen LogP contribution in [0, 0.1) is 0 Å².